The maximum Gasteiger partial charge on any atom is 0.255 e. The first-order valence-corrected chi connectivity index (χ1v) is 9.78. The van der Waals surface area contributed by atoms with Crippen LogP contribution in [0, 0.1) is 17.3 Å². The summed E-state index contributed by atoms with van der Waals surface area (Å²) in [6.07, 6.45) is 3.19. The minimum absolute atomic E-state index is 0.280. The lowest BCUT2D eigenvalue weighted by atomic mass is 9.96. The molecule has 3 aromatic rings. The Balaban J connectivity index is 1.63. The molecular weight excluding hydrogens is 397 g/mol. The third-order valence-corrected chi connectivity index (χ3v) is 5.41. The second-order valence-electron chi connectivity index (χ2n) is 7.30. The number of halogens is 1. The van der Waals surface area contributed by atoms with E-state index in [1.165, 1.54) is 17.2 Å². The second-order valence-corrected chi connectivity index (χ2v) is 7.30. The summed E-state index contributed by atoms with van der Waals surface area (Å²) in [5.74, 6) is 0.0974. The van der Waals surface area contributed by atoms with Crippen LogP contribution in [-0.2, 0) is 11.2 Å². The molecule has 5 rings (SSSR count). The van der Waals surface area contributed by atoms with Gasteiger partial charge in [-0.25, -0.2) is 9.98 Å². The fourth-order valence-electron chi connectivity index (χ4n) is 4.01. The van der Waals surface area contributed by atoms with E-state index in [-0.39, 0.29) is 12.3 Å². The molecule has 1 aromatic carbocycles. The molecule has 0 fully saturated rings. The van der Waals surface area contributed by atoms with Crippen LogP contribution >= 0.6 is 0 Å². The number of carbonyl (C=O) groups is 1. The summed E-state index contributed by atoms with van der Waals surface area (Å²) in [5, 5.41) is 9.98. The van der Waals surface area contributed by atoms with Gasteiger partial charge in [0, 0.05) is 29.8 Å². The van der Waals surface area contributed by atoms with Gasteiger partial charge in [-0.3, -0.25) is 14.7 Å². The zero-order valence-electron chi connectivity index (χ0n) is 16.3. The highest BCUT2D eigenvalue weighted by Gasteiger charge is 2.51. The van der Waals surface area contributed by atoms with Gasteiger partial charge in [0.15, 0.2) is 5.84 Å². The first kappa shape index (κ1) is 18.9. The van der Waals surface area contributed by atoms with Gasteiger partial charge < -0.3 is 4.42 Å². The van der Waals surface area contributed by atoms with E-state index in [0.717, 1.165) is 5.56 Å². The molecule has 2 aromatic heterocycles. The Labute approximate surface area is 177 Å². The van der Waals surface area contributed by atoms with Crippen LogP contribution in [0.3, 0.4) is 0 Å². The number of furan rings is 1. The van der Waals surface area contributed by atoms with Gasteiger partial charge in [-0.1, -0.05) is 18.2 Å². The van der Waals surface area contributed by atoms with Crippen molar-refractivity contribution in [3.63, 3.8) is 0 Å². The van der Waals surface area contributed by atoms with E-state index < -0.39 is 24.1 Å². The van der Waals surface area contributed by atoms with Crippen molar-refractivity contribution in [2.45, 2.75) is 24.5 Å². The van der Waals surface area contributed by atoms with Crippen LogP contribution in [0.1, 0.15) is 22.9 Å². The monoisotopic (exact) mass is 414 g/mol. The molecule has 2 aliphatic heterocycles. The molecule has 3 atom stereocenters. The van der Waals surface area contributed by atoms with Crippen LogP contribution in [0.2, 0.25) is 0 Å². The number of amides is 1. The number of rotatable bonds is 4. The summed E-state index contributed by atoms with van der Waals surface area (Å²) in [6, 6.07) is 15.8. The predicted molar refractivity (Wildman–Crippen MR) is 108 cm³/mol. The van der Waals surface area contributed by atoms with Crippen molar-refractivity contribution in [1.82, 2.24) is 9.88 Å². The molecule has 0 saturated carbocycles. The lowest BCUT2D eigenvalue weighted by Crippen LogP contribution is -2.84. The largest absolute Gasteiger partial charge is 0.469 e. The maximum absolute atomic E-state index is 13.9. The normalized spacial score (nSPS) is 22.5. The van der Waals surface area contributed by atoms with Crippen LogP contribution in [0.25, 0.3) is 0 Å². The maximum atomic E-state index is 13.9. The number of carbonyl (C=O) groups excluding carboxylic acids is 1. The van der Waals surface area contributed by atoms with Crippen molar-refractivity contribution in [2.24, 2.45) is 4.99 Å². The van der Waals surface area contributed by atoms with Gasteiger partial charge in [0.1, 0.15) is 11.8 Å². The van der Waals surface area contributed by atoms with Crippen molar-refractivity contribution in [1.29, 1.82) is 5.26 Å². The lowest BCUT2D eigenvalue weighted by Gasteiger charge is -2.29. The standard InChI is InChI=1S/C23H16FN5O2/c24-19-11-15(8-9-26-19)21-22-27-17(12-16-7-4-10-31-16)23(30)29(22)18(13-25)20(28-21)14-5-2-1-3-6-14/h1-11,17-18,21H,12H2/p+1. The number of pyridine rings is 1. The summed E-state index contributed by atoms with van der Waals surface area (Å²) in [4.78, 5) is 26.4. The van der Waals surface area contributed by atoms with Gasteiger partial charge in [0.25, 0.3) is 5.91 Å². The molecule has 3 unspecified atom stereocenters. The molecule has 2 aliphatic rings. The smallest absolute Gasteiger partial charge is 0.255 e. The Bertz CT molecular complexity index is 1230. The van der Waals surface area contributed by atoms with Crippen LogP contribution in [0.5, 0.6) is 0 Å². The summed E-state index contributed by atoms with van der Waals surface area (Å²) < 4.78 is 19.3. The lowest BCUT2D eigenvalue weighted by molar-refractivity contribution is -0.494. The van der Waals surface area contributed by atoms with E-state index in [0.29, 0.717) is 22.9 Å². The fraction of sp³-hybridized carbons (Fsp3) is 0.174. The Hall–Kier alpha value is -4.12. The van der Waals surface area contributed by atoms with Gasteiger partial charge >= 0.3 is 0 Å². The Kier molecular flexibility index (Phi) is 4.64. The van der Waals surface area contributed by atoms with Crippen LogP contribution in [-0.4, -0.2) is 39.4 Å². The summed E-state index contributed by atoms with van der Waals surface area (Å²) >= 11 is 0. The van der Waals surface area contributed by atoms with E-state index in [1.807, 2.05) is 30.3 Å². The molecule has 0 radical (unpaired) electrons. The molecule has 1 N–H and O–H groups in total. The quantitative estimate of drug-likeness (QED) is 0.649. The first-order valence-electron chi connectivity index (χ1n) is 9.78. The number of hydrogen-bond donors (Lipinski definition) is 1. The van der Waals surface area contributed by atoms with Gasteiger partial charge in [0.2, 0.25) is 23.7 Å². The molecule has 8 heteroatoms. The van der Waals surface area contributed by atoms with Crippen LogP contribution in [0.15, 0.2) is 76.5 Å². The molecule has 31 heavy (non-hydrogen) atoms. The number of aromatic nitrogens is 1. The summed E-state index contributed by atoms with van der Waals surface area (Å²) in [7, 11) is 0. The highest BCUT2D eigenvalue weighted by atomic mass is 19.1. The molecule has 1 amide bonds. The zero-order chi connectivity index (χ0) is 21.4. The topological polar surface area (TPSA) is 96.5 Å². The van der Waals surface area contributed by atoms with Crippen molar-refractivity contribution in [3.05, 3.63) is 89.9 Å². The third kappa shape index (κ3) is 3.30. The Morgan fingerprint density at radius 1 is 1.19 bits per heavy atom. The number of benzene rings is 1. The molecule has 0 bridgehead atoms. The van der Waals surface area contributed by atoms with E-state index >= 15 is 0 Å². The molecule has 0 aliphatic carbocycles. The molecule has 152 valence electrons. The number of amidine groups is 1. The minimum Gasteiger partial charge on any atom is -0.469 e. The first-order chi connectivity index (χ1) is 15.2. The van der Waals surface area contributed by atoms with E-state index in [2.05, 4.69) is 21.0 Å². The average molecular weight is 414 g/mol. The average Bonchev–Trinajstić information content (AvgIpc) is 3.42. The second kappa shape index (κ2) is 7.61. The molecule has 0 saturated heterocycles. The van der Waals surface area contributed by atoms with E-state index in [9.17, 15) is 14.4 Å². The van der Waals surface area contributed by atoms with Gasteiger partial charge in [-0.05, 0) is 30.3 Å². The number of nitrogens with zero attached hydrogens (tertiary/aromatic N) is 4. The Morgan fingerprint density at radius 2 is 2.03 bits per heavy atom. The predicted octanol–water partition coefficient (Wildman–Crippen LogP) is 1.18. The van der Waals surface area contributed by atoms with Gasteiger partial charge in [0.05, 0.1) is 12.3 Å². The number of nitriles is 1. The van der Waals surface area contributed by atoms with Crippen LogP contribution < -0.4 is 4.99 Å². The van der Waals surface area contributed by atoms with Crippen molar-refractivity contribution >= 4 is 17.5 Å². The minimum atomic E-state index is -0.877. The summed E-state index contributed by atoms with van der Waals surface area (Å²) in [6.45, 7) is 0. The Morgan fingerprint density at radius 3 is 2.74 bits per heavy atom. The van der Waals surface area contributed by atoms with E-state index in [1.54, 1.807) is 24.5 Å². The molecule has 4 heterocycles. The van der Waals surface area contributed by atoms with Crippen molar-refractivity contribution in [3.8, 4) is 6.07 Å². The fourth-order valence-corrected chi connectivity index (χ4v) is 4.01. The number of nitrogens with one attached hydrogen (secondary N) is 1. The molecule has 7 nitrogen and oxygen atoms in total. The number of hydrogen-bond acceptors (Lipinski definition) is 5. The number of aliphatic imine (C=N–C) groups is 1. The summed E-state index contributed by atoms with van der Waals surface area (Å²) in [5.41, 5.74) is 1.90. The van der Waals surface area contributed by atoms with Crippen LogP contribution in [0.4, 0.5) is 4.39 Å². The molecular formula is C23H17FN5O2+. The van der Waals surface area contributed by atoms with Gasteiger partial charge in [-0.2, -0.15) is 9.65 Å². The van der Waals surface area contributed by atoms with Crippen molar-refractivity contribution in [2.75, 3.05) is 0 Å². The molecule has 0 spiro atoms. The highest BCUT2D eigenvalue weighted by Crippen LogP contribution is 2.27. The SMILES string of the molecule is N#CC1C(c2ccccc2)=[NH+]C(c2ccnc(F)c2)C2=NC(Cc3ccco3)C(=O)N21. The number of fused-ring (bicyclic) bond motifs is 1. The zero-order valence-corrected chi connectivity index (χ0v) is 16.3. The van der Waals surface area contributed by atoms with Gasteiger partial charge in [-0.15, -0.1) is 0 Å². The van der Waals surface area contributed by atoms with E-state index in [4.69, 9.17) is 4.42 Å². The highest BCUT2D eigenvalue weighted by molar-refractivity contribution is 6.16. The van der Waals surface area contributed by atoms with Crippen molar-refractivity contribution < 1.29 is 18.6 Å². The third-order valence-electron chi connectivity index (χ3n) is 5.41.